The molecule has 0 aromatic heterocycles. The van der Waals surface area contributed by atoms with Crippen LogP contribution in [-0.4, -0.2) is 4.92 Å². The van der Waals surface area contributed by atoms with E-state index in [1.165, 1.54) is 0 Å². The van der Waals surface area contributed by atoms with Crippen molar-refractivity contribution in [3.05, 3.63) is 36.9 Å². The normalized spacial score (nSPS) is 10.1. The molecule has 0 saturated heterocycles. The Labute approximate surface area is 89.4 Å². The van der Waals surface area contributed by atoms with Gasteiger partial charge < -0.3 is 5.73 Å². The highest BCUT2D eigenvalue weighted by molar-refractivity contribution is 14.1. The van der Waals surface area contributed by atoms with Crippen LogP contribution >= 0.6 is 22.6 Å². The van der Waals surface area contributed by atoms with E-state index in [4.69, 9.17) is 5.73 Å². The van der Waals surface area contributed by atoms with Gasteiger partial charge in [0.25, 0.3) is 5.69 Å². The molecule has 5 heteroatoms. The molecule has 0 bridgehead atoms. The molecule has 70 valence electrons. The largest absolute Gasteiger partial charge is 0.326 e. The fraction of sp³-hybridized carbons (Fsp3) is 0.250. The van der Waals surface area contributed by atoms with E-state index in [1.54, 1.807) is 13.0 Å². The van der Waals surface area contributed by atoms with E-state index in [0.29, 0.717) is 12.1 Å². The zero-order valence-electron chi connectivity index (χ0n) is 7.08. The zero-order chi connectivity index (χ0) is 10.0. The molecule has 1 aromatic rings. The summed E-state index contributed by atoms with van der Waals surface area (Å²) in [4.78, 5) is 10.2. The molecular weight excluding hydrogens is 283 g/mol. The van der Waals surface area contributed by atoms with Crippen LogP contribution in [0.2, 0.25) is 0 Å². The van der Waals surface area contributed by atoms with Gasteiger partial charge >= 0.3 is 0 Å². The quantitative estimate of drug-likeness (QED) is 0.514. The van der Waals surface area contributed by atoms with E-state index < -0.39 is 0 Å². The minimum Gasteiger partial charge on any atom is -0.326 e. The summed E-state index contributed by atoms with van der Waals surface area (Å²) >= 11 is 2.04. The molecule has 0 aliphatic heterocycles. The lowest BCUT2D eigenvalue weighted by Gasteiger charge is -2.04. The fourth-order valence-electron chi connectivity index (χ4n) is 1.12. The third-order valence-corrected chi connectivity index (χ3v) is 2.49. The first-order chi connectivity index (χ1) is 6.06. The highest BCUT2D eigenvalue weighted by Crippen LogP contribution is 2.24. The minimum absolute atomic E-state index is 0.146. The second kappa shape index (κ2) is 4.01. The Hall–Kier alpha value is -0.690. The van der Waals surface area contributed by atoms with E-state index in [1.807, 2.05) is 28.7 Å². The molecule has 0 spiro atoms. The van der Waals surface area contributed by atoms with Crippen molar-refractivity contribution in [2.75, 3.05) is 0 Å². The average molecular weight is 292 g/mol. The SMILES string of the molecule is Cc1c(CN)cc(I)cc1[N+](=O)[O-]. The smallest absolute Gasteiger partial charge is 0.273 e. The summed E-state index contributed by atoms with van der Waals surface area (Å²) in [6.07, 6.45) is 0. The van der Waals surface area contributed by atoms with Gasteiger partial charge in [0.2, 0.25) is 0 Å². The lowest BCUT2D eigenvalue weighted by atomic mass is 10.1. The lowest BCUT2D eigenvalue weighted by molar-refractivity contribution is -0.385. The van der Waals surface area contributed by atoms with Gasteiger partial charge in [0.05, 0.1) is 4.92 Å². The molecule has 0 heterocycles. The van der Waals surface area contributed by atoms with Gasteiger partial charge in [-0.2, -0.15) is 0 Å². The molecule has 13 heavy (non-hydrogen) atoms. The predicted molar refractivity (Wildman–Crippen MR) is 58.4 cm³/mol. The number of nitro benzene ring substituents is 1. The molecule has 0 fully saturated rings. The maximum atomic E-state index is 10.6. The van der Waals surface area contributed by atoms with Gasteiger partial charge in [0.1, 0.15) is 0 Å². The molecule has 0 unspecified atom stereocenters. The summed E-state index contributed by atoms with van der Waals surface area (Å²) in [7, 11) is 0. The van der Waals surface area contributed by atoms with E-state index in [-0.39, 0.29) is 10.6 Å². The van der Waals surface area contributed by atoms with Crippen molar-refractivity contribution in [2.24, 2.45) is 5.73 Å². The van der Waals surface area contributed by atoms with Crippen LogP contribution in [0.25, 0.3) is 0 Å². The number of rotatable bonds is 2. The van der Waals surface area contributed by atoms with E-state index in [9.17, 15) is 10.1 Å². The molecule has 0 aliphatic rings. The monoisotopic (exact) mass is 292 g/mol. The van der Waals surface area contributed by atoms with Crippen molar-refractivity contribution in [3.63, 3.8) is 0 Å². The Morgan fingerprint density at radius 1 is 1.62 bits per heavy atom. The maximum absolute atomic E-state index is 10.6. The number of nitrogens with zero attached hydrogens (tertiary/aromatic N) is 1. The van der Waals surface area contributed by atoms with E-state index in [0.717, 1.165) is 9.13 Å². The number of hydrogen-bond donors (Lipinski definition) is 1. The highest BCUT2D eigenvalue weighted by Gasteiger charge is 2.14. The number of halogens is 1. The predicted octanol–water partition coefficient (Wildman–Crippen LogP) is 1.97. The minimum atomic E-state index is -0.378. The number of benzene rings is 1. The summed E-state index contributed by atoms with van der Waals surface area (Å²) in [5.41, 5.74) is 7.10. The summed E-state index contributed by atoms with van der Waals surface area (Å²) < 4.78 is 0.843. The van der Waals surface area contributed by atoms with E-state index in [2.05, 4.69) is 0 Å². The number of hydrogen-bond acceptors (Lipinski definition) is 3. The van der Waals surface area contributed by atoms with Crippen molar-refractivity contribution in [1.82, 2.24) is 0 Å². The highest BCUT2D eigenvalue weighted by atomic mass is 127. The molecule has 0 radical (unpaired) electrons. The van der Waals surface area contributed by atoms with Gasteiger partial charge in [-0.25, -0.2) is 0 Å². The molecule has 0 atom stereocenters. The van der Waals surface area contributed by atoms with Crippen molar-refractivity contribution >= 4 is 28.3 Å². The molecule has 1 rings (SSSR count). The second-order valence-electron chi connectivity index (χ2n) is 2.67. The van der Waals surface area contributed by atoms with Gasteiger partial charge in [0.15, 0.2) is 0 Å². The molecule has 0 aliphatic carbocycles. The Morgan fingerprint density at radius 3 is 2.69 bits per heavy atom. The first-order valence-corrected chi connectivity index (χ1v) is 4.77. The Bertz CT molecular complexity index is 352. The van der Waals surface area contributed by atoms with Crippen LogP contribution in [0.15, 0.2) is 12.1 Å². The summed E-state index contributed by atoms with van der Waals surface area (Å²) in [6, 6.07) is 3.41. The van der Waals surface area contributed by atoms with Crippen LogP contribution in [0.3, 0.4) is 0 Å². The number of nitro groups is 1. The Morgan fingerprint density at radius 2 is 2.23 bits per heavy atom. The van der Waals surface area contributed by atoms with Crippen molar-refractivity contribution in [3.8, 4) is 0 Å². The van der Waals surface area contributed by atoms with E-state index >= 15 is 0 Å². The zero-order valence-corrected chi connectivity index (χ0v) is 9.24. The molecule has 0 saturated carbocycles. The van der Waals surface area contributed by atoms with Crippen molar-refractivity contribution in [1.29, 1.82) is 0 Å². The average Bonchev–Trinajstić information content (AvgIpc) is 2.08. The van der Waals surface area contributed by atoms with Crippen LogP contribution in [0, 0.1) is 20.6 Å². The fourth-order valence-corrected chi connectivity index (χ4v) is 1.79. The Kier molecular flexibility index (Phi) is 3.21. The molecule has 4 nitrogen and oxygen atoms in total. The van der Waals surface area contributed by atoms with Crippen molar-refractivity contribution in [2.45, 2.75) is 13.5 Å². The first kappa shape index (κ1) is 10.4. The van der Waals surface area contributed by atoms with Gasteiger partial charge in [-0.3, -0.25) is 10.1 Å². The topological polar surface area (TPSA) is 69.2 Å². The molecular formula is C8H9IN2O2. The van der Waals surface area contributed by atoms with Crippen molar-refractivity contribution < 1.29 is 4.92 Å². The molecule has 0 amide bonds. The van der Waals surface area contributed by atoms with Crippen LogP contribution in [0.1, 0.15) is 11.1 Å². The van der Waals surface area contributed by atoms with Crippen LogP contribution in [-0.2, 0) is 6.54 Å². The van der Waals surface area contributed by atoms with Gasteiger partial charge in [0, 0.05) is 21.7 Å². The lowest BCUT2D eigenvalue weighted by Crippen LogP contribution is -2.02. The maximum Gasteiger partial charge on any atom is 0.273 e. The second-order valence-corrected chi connectivity index (χ2v) is 3.92. The summed E-state index contributed by atoms with van der Waals surface area (Å²) in [5.74, 6) is 0. The molecule has 1 aromatic carbocycles. The standard InChI is InChI=1S/C8H9IN2O2/c1-5-6(4-10)2-7(9)3-8(5)11(12)13/h2-3H,4,10H2,1H3. The van der Waals surface area contributed by atoms with Crippen LogP contribution in [0.5, 0.6) is 0 Å². The number of nitrogens with two attached hydrogens (primary N) is 1. The first-order valence-electron chi connectivity index (χ1n) is 3.69. The van der Waals surface area contributed by atoms with Crippen LogP contribution < -0.4 is 5.73 Å². The third kappa shape index (κ3) is 2.16. The third-order valence-electron chi connectivity index (χ3n) is 1.87. The van der Waals surface area contributed by atoms with Gasteiger partial charge in [-0.1, -0.05) is 0 Å². The van der Waals surface area contributed by atoms with Gasteiger partial charge in [-0.05, 0) is 41.1 Å². The van der Waals surface area contributed by atoms with Crippen LogP contribution in [0.4, 0.5) is 5.69 Å². The van der Waals surface area contributed by atoms with Gasteiger partial charge in [-0.15, -0.1) is 0 Å². The summed E-state index contributed by atoms with van der Waals surface area (Å²) in [5, 5.41) is 10.6. The molecule has 2 N–H and O–H groups in total. The summed E-state index contributed by atoms with van der Waals surface area (Å²) in [6.45, 7) is 2.06. The Balaban J connectivity index is 3.35.